The van der Waals surface area contributed by atoms with Crippen molar-refractivity contribution < 1.29 is 9.47 Å². The molecule has 1 N–H and O–H groups in total. The van der Waals surface area contributed by atoms with Crippen LogP contribution in [0.1, 0.15) is 39.4 Å². The number of hydrogen-bond donors (Lipinski definition) is 1. The molecule has 1 aromatic rings. The Morgan fingerprint density at radius 2 is 2.16 bits per heavy atom. The Bertz CT molecular complexity index is 388. The summed E-state index contributed by atoms with van der Waals surface area (Å²) in [5, 5.41) is 3.37. The third-order valence-corrected chi connectivity index (χ3v) is 2.94. The average molecular weight is 269 g/mol. The Kier molecular flexibility index (Phi) is 5.82. The molecule has 0 amide bonds. The van der Waals surface area contributed by atoms with Crippen molar-refractivity contribution in [2.24, 2.45) is 0 Å². The Morgan fingerprint density at radius 1 is 1.47 bits per heavy atom. The summed E-state index contributed by atoms with van der Waals surface area (Å²) in [5.74, 6) is 0.870. The second-order valence-corrected chi connectivity index (χ2v) is 5.46. The maximum atomic E-state index is 5.68. The van der Waals surface area contributed by atoms with Crippen LogP contribution in [0.3, 0.4) is 0 Å². The van der Waals surface area contributed by atoms with Crippen molar-refractivity contribution >= 4 is 5.95 Å². The van der Waals surface area contributed by atoms with Gasteiger partial charge in [-0.2, -0.15) is 0 Å². The molecule has 0 aromatic carbocycles. The van der Waals surface area contributed by atoms with E-state index >= 15 is 0 Å². The molecule has 19 heavy (non-hydrogen) atoms. The zero-order valence-corrected chi connectivity index (χ0v) is 13.0. The molecular weight excluding hydrogens is 242 g/mol. The number of anilines is 1. The standard InChI is InChI=1S/C14H27N3O2/c1-7-19-14(4,5)10-15-13-16-11(2)8-17(13)12(3)9-18-6/h8,12H,7,9-10H2,1-6H3,(H,15,16). The van der Waals surface area contributed by atoms with Crippen molar-refractivity contribution in [2.75, 3.05) is 32.2 Å². The molecule has 5 heteroatoms. The van der Waals surface area contributed by atoms with Gasteiger partial charge in [0.25, 0.3) is 0 Å². The average Bonchev–Trinajstić information content (AvgIpc) is 2.68. The van der Waals surface area contributed by atoms with E-state index in [9.17, 15) is 0 Å². The third kappa shape index (κ3) is 4.84. The van der Waals surface area contributed by atoms with Crippen molar-refractivity contribution in [1.29, 1.82) is 0 Å². The number of imidazole rings is 1. The highest BCUT2D eigenvalue weighted by Crippen LogP contribution is 2.18. The smallest absolute Gasteiger partial charge is 0.203 e. The van der Waals surface area contributed by atoms with Crippen LogP contribution in [0, 0.1) is 6.92 Å². The summed E-state index contributed by atoms with van der Waals surface area (Å²) in [6.45, 7) is 12.4. The summed E-state index contributed by atoms with van der Waals surface area (Å²) in [4.78, 5) is 4.52. The molecule has 0 fully saturated rings. The Morgan fingerprint density at radius 3 is 2.74 bits per heavy atom. The van der Waals surface area contributed by atoms with Crippen molar-refractivity contribution in [2.45, 2.75) is 46.3 Å². The van der Waals surface area contributed by atoms with Gasteiger partial charge in [0.1, 0.15) is 0 Å². The van der Waals surface area contributed by atoms with Crippen LogP contribution in [0.2, 0.25) is 0 Å². The summed E-state index contributed by atoms with van der Waals surface area (Å²) in [7, 11) is 1.71. The molecule has 0 saturated carbocycles. The van der Waals surface area contributed by atoms with Gasteiger partial charge in [-0.1, -0.05) is 0 Å². The van der Waals surface area contributed by atoms with Crippen LogP contribution in [-0.4, -0.2) is 42.0 Å². The van der Waals surface area contributed by atoms with E-state index in [0.29, 0.717) is 13.2 Å². The topological polar surface area (TPSA) is 48.3 Å². The summed E-state index contributed by atoms with van der Waals surface area (Å²) < 4.78 is 13.0. The van der Waals surface area contributed by atoms with Crippen LogP contribution < -0.4 is 5.32 Å². The number of methoxy groups -OCH3 is 1. The molecule has 0 bridgehead atoms. The Hall–Kier alpha value is -1.07. The Balaban J connectivity index is 2.72. The normalized spacial score (nSPS) is 13.6. The second-order valence-electron chi connectivity index (χ2n) is 5.46. The lowest BCUT2D eigenvalue weighted by Gasteiger charge is -2.26. The molecule has 0 spiro atoms. The minimum absolute atomic E-state index is 0.204. The maximum absolute atomic E-state index is 5.68. The third-order valence-electron chi connectivity index (χ3n) is 2.94. The molecule has 110 valence electrons. The molecule has 1 heterocycles. The molecule has 1 rings (SSSR count). The highest BCUT2D eigenvalue weighted by Gasteiger charge is 2.19. The fourth-order valence-electron chi connectivity index (χ4n) is 2.04. The molecule has 0 aliphatic rings. The van der Waals surface area contributed by atoms with Gasteiger partial charge in [0, 0.05) is 26.5 Å². The lowest BCUT2D eigenvalue weighted by molar-refractivity contribution is 0.000508. The first-order valence-electron chi connectivity index (χ1n) is 6.82. The lowest BCUT2D eigenvalue weighted by Crippen LogP contribution is -2.34. The van der Waals surface area contributed by atoms with Crippen molar-refractivity contribution in [3.05, 3.63) is 11.9 Å². The van der Waals surface area contributed by atoms with Gasteiger partial charge in [0.15, 0.2) is 0 Å². The molecular formula is C14H27N3O2. The zero-order chi connectivity index (χ0) is 14.5. The van der Waals surface area contributed by atoms with Gasteiger partial charge in [-0.3, -0.25) is 0 Å². The van der Waals surface area contributed by atoms with Gasteiger partial charge in [0.2, 0.25) is 5.95 Å². The summed E-state index contributed by atoms with van der Waals surface area (Å²) in [6.07, 6.45) is 2.04. The number of nitrogens with zero attached hydrogens (tertiary/aromatic N) is 2. The van der Waals surface area contributed by atoms with Crippen molar-refractivity contribution in [3.63, 3.8) is 0 Å². The van der Waals surface area contributed by atoms with E-state index < -0.39 is 0 Å². The van der Waals surface area contributed by atoms with E-state index in [2.05, 4.69) is 35.6 Å². The summed E-state index contributed by atoms with van der Waals surface area (Å²) in [6, 6.07) is 0.254. The quantitative estimate of drug-likeness (QED) is 0.788. The fourth-order valence-corrected chi connectivity index (χ4v) is 2.04. The largest absolute Gasteiger partial charge is 0.383 e. The van der Waals surface area contributed by atoms with Crippen LogP contribution in [0.5, 0.6) is 0 Å². The van der Waals surface area contributed by atoms with Gasteiger partial charge in [-0.15, -0.1) is 0 Å². The first-order valence-corrected chi connectivity index (χ1v) is 6.82. The molecule has 0 aliphatic carbocycles. The van der Waals surface area contributed by atoms with Crippen LogP contribution >= 0.6 is 0 Å². The van der Waals surface area contributed by atoms with Crippen LogP contribution in [0.4, 0.5) is 5.95 Å². The number of aryl methyl sites for hydroxylation is 1. The van der Waals surface area contributed by atoms with E-state index in [4.69, 9.17) is 9.47 Å². The van der Waals surface area contributed by atoms with E-state index in [1.165, 1.54) is 0 Å². The predicted molar refractivity (Wildman–Crippen MR) is 77.7 cm³/mol. The minimum Gasteiger partial charge on any atom is -0.383 e. The van der Waals surface area contributed by atoms with Crippen molar-refractivity contribution in [3.8, 4) is 0 Å². The van der Waals surface area contributed by atoms with Gasteiger partial charge < -0.3 is 19.4 Å². The van der Waals surface area contributed by atoms with Crippen LogP contribution in [-0.2, 0) is 9.47 Å². The molecule has 1 aromatic heterocycles. The molecule has 0 saturated heterocycles. The first kappa shape index (κ1) is 16.0. The minimum atomic E-state index is -0.204. The molecule has 0 aliphatic heterocycles. The lowest BCUT2D eigenvalue weighted by atomic mass is 10.1. The number of aromatic nitrogens is 2. The first-order chi connectivity index (χ1) is 8.89. The van der Waals surface area contributed by atoms with E-state index in [0.717, 1.165) is 18.2 Å². The number of nitrogens with one attached hydrogen (secondary N) is 1. The van der Waals surface area contributed by atoms with Gasteiger partial charge in [-0.05, 0) is 34.6 Å². The molecule has 0 radical (unpaired) electrons. The maximum Gasteiger partial charge on any atom is 0.203 e. The molecule has 5 nitrogen and oxygen atoms in total. The van der Waals surface area contributed by atoms with Crippen molar-refractivity contribution in [1.82, 2.24) is 9.55 Å². The number of rotatable bonds is 8. The van der Waals surface area contributed by atoms with E-state index in [-0.39, 0.29) is 11.6 Å². The SMILES string of the molecule is CCOC(C)(C)CNc1nc(C)cn1C(C)COC. The van der Waals surface area contributed by atoms with Crippen LogP contribution in [0.25, 0.3) is 0 Å². The number of ether oxygens (including phenoxy) is 2. The number of hydrogen-bond acceptors (Lipinski definition) is 4. The Labute approximate surface area is 116 Å². The zero-order valence-electron chi connectivity index (χ0n) is 13.0. The van der Waals surface area contributed by atoms with Gasteiger partial charge in [0.05, 0.1) is 23.9 Å². The van der Waals surface area contributed by atoms with E-state index in [1.807, 2.05) is 20.0 Å². The monoisotopic (exact) mass is 269 g/mol. The van der Waals surface area contributed by atoms with Gasteiger partial charge >= 0.3 is 0 Å². The molecule has 1 atom stereocenters. The second kappa shape index (κ2) is 6.91. The van der Waals surface area contributed by atoms with Gasteiger partial charge in [-0.25, -0.2) is 4.98 Å². The highest BCUT2D eigenvalue weighted by molar-refractivity contribution is 5.30. The molecule has 1 unspecified atom stereocenters. The predicted octanol–water partition coefficient (Wildman–Crippen LogP) is 2.63. The fraction of sp³-hybridized carbons (Fsp3) is 0.786. The van der Waals surface area contributed by atoms with E-state index in [1.54, 1.807) is 7.11 Å². The highest BCUT2D eigenvalue weighted by atomic mass is 16.5. The summed E-state index contributed by atoms with van der Waals surface area (Å²) in [5.41, 5.74) is 0.795. The summed E-state index contributed by atoms with van der Waals surface area (Å²) >= 11 is 0. The van der Waals surface area contributed by atoms with Crippen LogP contribution in [0.15, 0.2) is 6.20 Å².